The van der Waals surface area contributed by atoms with Gasteiger partial charge in [0.25, 0.3) is 5.91 Å². The van der Waals surface area contributed by atoms with E-state index in [0.29, 0.717) is 23.5 Å². The number of anilines is 2. The summed E-state index contributed by atoms with van der Waals surface area (Å²) in [4.78, 5) is 12.5. The van der Waals surface area contributed by atoms with Gasteiger partial charge in [-0.25, -0.2) is 0 Å². The van der Waals surface area contributed by atoms with E-state index in [0.717, 1.165) is 17.7 Å². The first kappa shape index (κ1) is 16.8. The van der Waals surface area contributed by atoms with Crippen LogP contribution in [0.25, 0.3) is 0 Å². The van der Waals surface area contributed by atoms with Crippen LogP contribution in [0.15, 0.2) is 77.9 Å². The summed E-state index contributed by atoms with van der Waals surface area (Å²) in [6.07, 6.45) is 1.81. The van der Waals surface area contributed by atoms with Crippen molar-refractivity contribution in [2.75, 3.05) is 11.1 Å². The minimum absolute atomic E-state index is 0.184. The molecule has 3 aromatic rings. The van der Waals surface area contributed by atoms with Crippen LogP contribution in [0, 0.1) is 0 Å². The van der Waals surface area contributed by atoms with E-state index in [4.69, 9.17) is 5.73 Å². The highest BCUT2D eigenvalue weighted by Gasteiger charge is 2.15. The van der Waals surface area contributed by atoms with Gasteiger partial charge in [0.1, 0.15) is 0 Å². The van der Waals surface area contributed by atoms with Gasteiger partial charge in [-0.1, -0.05) is 48.5 Å². The molecule has 0 fully saturated rings. The van der Waals surface area contributed by atoms with E-state index >= 15 is 0 Å². The normalized spacial score (nSPS) is 12.5. The molecule has 0 saturated carbocycles. The van der Waals surface area contributed by atoms with E-state index in [9.17, 15) is 4.79 Å². The molecular formula is C22H20N4O. The van der Waals surface area contributed by atoms with Crippen LogP contribution in [0.4, 0.5) is 11.4 Å². The van der Waals surface area contributed by atoms with Crippen LogP contribution in [0.1, 0.15) is 27.0 Å². The first-order valence-electron chi connectivity index (χ1n) is 8.81. The molecule has 0 unspecified atom stereocenters. The van der Waals surface area contributed by atoms with Gasteiger partial charge in [0.15, 0.2) is 0 Å². The number of nitrogen functional groups attached to an aromatic ring is 1. The number of benzene rings is 3. The van der Waals surface area contributed by atoms with Crippen molar-refractivity contribution in [1.82, 2.24) is 5.01 Å². The van der Waals surface area contributed by atoms with Gasteiger partial charge >= 0.3 is 0 Å². The van der Waals surface area contributed by atoms with Crippen molar-refractivity contribution in [2.45, 2.75) is 13.1 Å². The Labute approximate surface area is 158 Å². The SMILES string of the molecule is Nc1ccccc1NC(=O)c1ccc2c(c1)C=NN(Cc1ccccc1)C2. The smallest absolute Gasteiger partial charge is 0.255 e. The van der Waals surface area contributed by atoms with E-state index in [-0.39, 0.29) is 5.91 Å². The second-order valence-electron chi connectivity index (χ2n) is 6.51. The summed E-state index contributed by atoms with van der Waals surface area (Å²) in [5.74, 6) is -0.184. The lowest BCUT2D eigenvalue weighted by Crippen LogP contribution is -2.22. The van der Waals surface area contributed by atoms with E-state index in [1.165, 1.54) is 5.56 Å². The average Bonchev–Trinajstić information content (AvgIpc) is 2.70. The van der Waals surface area contributed by atoms with Gasteiger partial charge in [-0.15, -0.1) is 0 Å². The summed E-state index contributed by atoms with van der Waals surface area (Å²) in [7, 11) is 0. The molecule has 5 heteroatoms. The van der Waals surface area contributed by atoms with E-state index < -0.39 is 0 Å². The van der Waals surface area contributed by atoms with E-state index in [1.54, 1.807) is 12.1 Å². The second kappa shape index (κ2) is 7.33. The first-order chi connectivity index (χ1) is 13.2. The van der Waals surface area contributed by atoms with Crippen molar-refractivity contribution in [3.8, 4) is 0 Å². The Bertz CT molecular complexity index is 998. The van der Waals surface area contributed by atoms with Crippen molar-refractivity contribution in [3.63, 3.8) is 0 Å². The summed E-state index contributed by atoms with van der Waals surface area (Å²) >= 11 is 0. The highest BCUT2D eigenvalue weighted by Crippen LogP contribution is 2.21. The molecule has 1 amide bonds. The van der Waals surface area contributed by atoms with Crippen LogP contribution in [-0.2, 0) is 13.1 Å². The summed E-state index contributed by atoms with van der Waals surface area (Å²) in [5, 5.41) is 9.39. The van der Waals surface area contributed by atoms with Crippen LogP contribution in [0.3, 0.4) is 0 Å². The highest BCUT2D eigenvalue weighted by atomic mass is 16.1. The molecule has 3 aromatic carbocycles. The Morgan fingerprint density at radius 2 is 1.81 bits per heavy atom. The third-order valence-electron chi connectivity index (χ3n) is 4.54. The lowest BCUT2D eigenvalue weighted by Gasteiger charge is -2.24. The lowest BCUT2D eigenvalue weighted by atomic mass is 10.0. The van der Waals surface area contributed by atoms with Gasteiger partial charge in [-0.05, 0) is 35.4 Å². The van der Waals surface area contributed by atoms with E-state index in [1.807, 2.05) is 59.8 Å². The second-order valence-corrected chi connectivity index (χ2v) is 6.51. The third-order valence-corrected chi connectivity index (χ3v) is 4.54. The molecule has 3 N–H and O–H groups in total. The molecule has 0 bridgehead atoms. The number of hydrogen-bond donors (Lipinski definition) is 2. The number of nitrogens with two attached hydrogens (primary N) is 1. The molecule has 5 nitrogen and oxygen atoms in total. The minimum Gasteiger partial charge on any atom is -0.397 e. The molecule has 1 aliphatic rings. The van der Waals surface area contributed by atoms with E-state index in [2.05, 4.69) is 22.6 Å². The molecule has 0 aliphatic carbocycles. The fraction of sp³-hybridized carbons (Fsp3) is 0.0909. The average molecular weight is 356 g/mol. The van der Waals surface area contributed by atoms with Crippen molar-refractivity contribution < 1.29 is 4.79 Å². The predicted molar refractivity (Wildman–Crippen MR) is 109 cm³/mol. The first-order valence-corrected chi connectivity index (χ1v) is 8.81. The maximum absolute atomic E-state index is 12.5. The predicted octanol–water partition coefficient (Wildman–Crippen LogP) is 3.87. The van der Waals surface area contributed by atoms with Crippen LogP contribution < -0.4 is 11.1 Å². The molecule has 1 aliphatic heterocycles. The van der Waals surface area contributed by atoms with Gasteiger partial charge in [0.05, 0.1) is 30.7 Å². The number of carbonyl (C=O) groups excluding carboxylic acids is 1. The number of fused-ring (bicyclic) bond motifs is 1. The summed E-state index contributed by atoms with van der Waals surface area (Å²) < 4.78 is 0. The number of rotatable bonds is 4. The third kappa shape index (κ3) is 3.82. The number of para-hydroxylation sites is 2. The fourth-order valence-electron chi connectivity index (χ4n) is 3.08. The van der Waals surface area contributed by atoms with Crippen molar-refractivity contribution in [1.29, 1.82) is 0 Å². The molecule has 0 saturated heterocycles. The van der Waals surface area contributed by atoms with Crippen molar-refractivity contribution in [3.05, 3.63) is 95.1 Å². The zero-order valence-corrected chi connectivity index (χ0v) is 14.8. The molecule has 27 heavy (non-hydrogen) atoms. The van der Waals surface area contributed by atoms with Crippen LogP contribution in [-0.4, -0.2) is 17.1 Å². The van der Waals surface area contributed by atoms with Gasteiger partial charge in [0.2, 0.25) is 0 Å². The molecule has 1 heterocycles. The summed E-state index contributed by atoms with van der Waals surface area (Å²) in [5.41, 5.74) is 11.0. The lowest BCUT2D eigenvalue weighted by molar-refractivity contribution is 0.102. The number of nitrogens with one attached hydrogen (secondary N) is 1. The number of carbonyl (C=O) groups is 1. The number of hydrazone groups is 1. The van der Waals surface area contributed by atoms with Crippen LogP contribution in [0.2, 0.25) is 0 Å². The highest BCUT2D eigenvalue weighted by molar-refractivity contribution is 6.06. The molecular weight excluding hydrogens is 336 g/mol. The quantitative estimate of drug-likeness (QED) is 0.697. The Hall–Kier alpha value is -3.60. The van der Waals surface area contributed by atoms with Crippen molar-refractivity contribution in [2.24, 2.45) is 5.10 Å². The van der Waals surface area contributed by atoms with Gasteiger partial charge in [-0.2, -0.15) is 5.10 Å². The maximum Gasteiger partial charge on any atom is 0.255 e. The monoisotopic (exact) mass is 356 g/mol. The molecule has 0 radical (unpaired) electrons. The van der Waals surface area contributed by atoms with Gasteiger partial charge in [0, 0.05) is 11.1 Å². The van der Waals surface area contributed by atoms with Gasteiger partial charge in [-0.3, -0.25) is 9.80 Å². The molecule has 134 valence electrons. The topological polar surface area (TPSA) is 70.7 Å². The van der Waals surface area contributed by atoms with Crippen LogP contribution >= 0.6 is 0 Å². The molecule has 0 spiro atoms. The Morgan fingerprint density at radius 1 is 1.04 bits per heavy atom. The molecule has 0 aromatic heterocycles. The Balaban J connectivity index is 1.48. The fourth-order valence-corrected chi connectivity index (χ4v) is 3.08. The number of nitrogens with zero attached hydrogens (tertiary/aromatic N) is 2. The van der Waals surface area contributed by atoms with Crippen LogP contribution in [0.5, 0.6) is 0 Å². The zero-order valence-electron chi connectivity index (χ0n) is 14.8. The zero-order chi connectivity index (χ0) is 18.6. The molecule has 4 rings (SSSR count). The Morgan fingerprint density at radius 3 is 2.63 bits per heavy atom. The van der Waals surface area contributed by atoms with Crippen molar-refractivity contribution >= 4 is 23.5 Å². The largest absolute Gasteiger partial charge is 0.397 e. The summed E-state index contributed by atoms with van der Waals surface area (Å²) in [6, 6.07) is 23.2. The summed E-state index contributed by atoms with van der Waals surface area (Å²) in [6.45, 7) is 1.47. The van der Waals surface area contributed by atoms with Gasteiger partial charge < -0.3 is 11.1 Å². The minimum atomic E-state index is -0.184. The Kier molecular flexibility index (Phi) is 4.58. The maximum atomic E-state index is 12.5. The number of hydrogen-bond acceptors (Lipinski definition) is 4. The number of amides is 1. The molecule has 0 atom stereocenters. The standard InChI is InChI=1S/C22H20N4O/c23-20-8-4-5-9-21(20)25-22(27)17-10-11-18-15-26(24-13-19(18)12-17)14-16-6-2-1-3-7-16/h1-13H,14-15,23H2,(H,25,27).